The van der Waals surface area contributed by atoms with Crippen molar-refractivity contribution in [2.24, 2.45) is 0 Å². The van der Waals surface area contributed by atoms with E-state index in [9.17, 15) is 4.79 Å². The highest BCUT2D eigenvalue weighted by Gasteiger charge is 2.27. The Kier molecular flexibility index (Phi) is 3.49. The van der Waals surface area contributed by atoms with Crippen LogP contribution in [-0.2, 0) is 6.54 Å². The van der Waals surface area contributed by atoms with Gasteiger partial charge in [-0.15, -0.1) is 0 Å². The van der Waals surface area contributed by atoms with Crippen LogP contribution in [0.5, 0.6) is 0 Å². The van der Waals surface area contributed by atoms with Crippen molar-refractivity contribution in [3.63, 3.8) is 0 Å². The summed E-state index contributed by atoms with van der Waals surface area (Å²) in [6.07, 6.45) is 9.53. The molecule has 1 aromatic carbocycles. The zero-order valence-corrected chi connectivity index (χ0v) is 12.6. The number of hydrogen-bond acceptors (Lipinski definition) is 4. The van der Waals surface area contributed by atoms with Gasteiger partial charge in [0.2, 0.25) is 0 Å². The topological polar surface area (TPSA) is 72.7 Å². The molecular weight excluding hydrogens is 290 g/mol. The van der Waals surface area contributed by atoms with Crippen LogP contribution in [0.1, 0.15) is 34.9 Å². The summed E-state index contributed by atoms with van der Waals surface area (Å²) in [4.78, 5) is 25.1. The summed E-state index contributed by atoms with van der Waals surface area (Å²) in [5.74, 6) is 1.66. The Morgan fingerprint density at radius 1 is 1.13 bits per heavy atom. The van der Waals surface area contributed by atoms with Crippen molar-refractivity contribution in [2.75, 3.05) is 6.54 Å². The van der Waals surface area contributed by atoms with Gasteiger partial charge in [-0.25, -0.2) is 4.98 Å². The van der Waals surface area contributed by atoms with Crippen LogP contribution in [0.25, 0.3) is 11.0 Å². The van der Waals surface area contributed by atoms with E-state index in [-0.39, 0.29) is 5.91 Å². The molecule has 6 nitrogen and oxygen atoms in total. The highest BCUT2D eigenvalue weighted by atomic mass is 16.1. The Bertz CT molecular complexity index is 853. The van der Waals surface area contributed by atoms with Gasteiger partial charge in [0.1, 0.15) is 5.82 Å². The molecular formula is C17H17N5O. The number of carbonyl (C=O) groups is 1. The molecule has 1 aliphatic carbocycles. The second kappa shape index (κ2) is 5.79. The lowest BCUT2D eigenvalue weighted by atomic mass is 10.2. The van der Waals surface area contributed by atoms with Gasteiger partial charge in [-0.2, -0.15) is 0 Å². The van der Waals surface area contributed by atoms with Gasteiger partial charge >= 0.3 is 0 Å². The summed E-state index contributed by atoms with van der Waals surface area (Å²) < 4.78 is 2.13. The van der Waals surface area contributed by atoms with E-state index in [1.807, 2.05) is 18.5 Å². The van der Waals surface area contributed by atoms with Crippen LogP contribution in [0.2, 0.25) is 0 Å². The van der Waals surface area contributed by atoms with Crippen LogP contribution in [0, 0.1) is 0 Å². The summed E-state index contributed by atoms with van der Waals surface area (Å²) in [5.41, 5.74) is 2.12. The van der Waals surface area contributed by atoms with E-state index >= 15 is 0 Å². The van der Waals surface area contributed by atoms with Crippen molar-refractivity contribution in [2.45, 2.75) is 25.3 Å². The number of imidazole rings is 1. The number of amides is 1. The first-order valence-corrected chi connectivity index (χ1v) is 7.81. The molecule has 0 saturated heterocycles. The molecule has 23 heavy (non-hydrogen) atoms. The summed E-state index contributed by atoms with van der Waals surface area (Å²) >= 11 is 0. The van der Waals surface area contributed by atoms with Crippen LogP contribution in [0.4, 0.5) is 0 Å². The van der Waals surface area contributed by atoms with Gasteiger partial charge in [0.15, 0.2) is 0 Å². The Labute approximate surface area is 133 Å². The van der Waals surface area contributed by atoms with Crippen molar-refractivity contribution in [1.29, 1.82) is 0 Å². The average Bonchev–Trinajstić information content (AvgIpc) is 3.33. The van der Waals surface area contributed by atoms with Gasteiger partial charge < -0.3 is 9.88 Å². The fourth-order valence-electron chi connectivity index (χ4n) is 2.71. The first-order valence-electron chi connectivity index (χ1n) is 7.81. The number of rotatable bonds is 5. The van der Waals surface area contributed by atoms with Gasteiger partial charge in [-0.05, 0) is 31.0 Å². The first kappa shape index (κ1) is 13.9. The highest BCUT2D eigenvalue weighted by molar-refractivity contribution is 5.97. The van der Waals surface area contributed by atoms with E-state index in [1.54, 1.807) is 24.5 Å². The highest BCUT2D eigenvalue weighted by Crippen LogP contribution is 2.38. The Hall–Kier alpha value is -2.76. The molecule has 2 aromatic heterocycles. The van der Waals surface area contributed by atoms with E-state index < -0.39 is 0 Å². The predicted octanol–water partition coefficient (Wildman–Crippen LogP) is 2.13. The number of aromatic nitrogens is 4. The summed E-state index contributed by atoms with van der Waals surface area (Å²) in [6, 6.07) is 5.36. The van der Waals surface area contributed by atoms with Crippen LogP contribution < -0.4 is 5.32 Å². The molecule has 0 aliphatic heterocycles. The normalized spacial score (nSPS) is 14.1. The smallest absolute Gasteiger partial charge is 0.251 e. The Morgan fingerprint density at radius 3 is 2.78 bits per heavy atom. The molecule has 0 atom stereocenters. The monoisotopic (exact) mass is 307 g/mol. The van der Waals surface area contributed by atoms with Crippen molar-refractivity contribution >= 4 is 16.9 Å². The molecule has 0 unspecified atom stereocenters. The lowest BCUT2D eigenvalue weighted by Gasteiger charge is -2.09. The number of fused-ring (bicyclic) bond motifs is 1. The number of carbonyl (C=O) groups excluding carboxylic acids is 1. The lowest BCUT2D eigenvalue weighted by molar-refractivity contribution is 0.0952. The minimum absolute atomic E-state index is 0.0920. The first-order chi connectivity index (χ1) is 11.3. The van der Waals surface area contributed by atoms with Gasteiger partial charge in [0.25, 0.3) is 5.91 Å². The maximum absolute atomic E-state index is 12.3. The van der Waals surface area contributed by atoms with Gasteiger partial charge in [0.05, 0.1) is 11.0 Å². The lowest BCUT2D eigenvalue weighted by Crippen LogP contribution is -2.27. The minimum atomic E-state index is -0.0920. The SMILES string of the molecule is O=C(NCCn1ccnc1C1CC1)c1ccc2nccnc2c1. The van der Waals surface area contributed by atoms with Gasteiger partial charge in [-0.1, -0.05) is 0 Å². The molecule has 1 saturated carbocycles. The molecule has 4 rings (SSSR count). The Morgan fingerprint density at radius 2 is 1.96 bits per heavy atom. The molecule has 1 amide bonds. The zero-order chi connectivity index (χ0) is 15.6. The number of hydrogen-bond donors (Lipinski definition) is 1. The number of benzene rings is 1. The standard InChI is InChI=1S/C17H17N5O/c23-17(13-3-4-14-15(11-13)19-6-5-18-14)21-8-10-22-9-7-20-16(22)12-1-2-12/h3-7,9,11-12H,1-2,8,10H2,(H,21,23). The summed E-state index contributed by atoms with van der Waals surface area (Å²) in [5, 5.41) is 2.95. The van der Waals surface area contributed by atoms with Crippen molar-refractivity contribution in [3.05, 3.63) is 54.4 Å². The van der Waals surface area contributed by atoms with Crippen LogP contribution in [0.3, 0.4) is 0 Å². The molecule has 0 bridgehead atoms. The minimum Gasteiger partial charge on any atom is -0.350 e. The van der Waals surface area contributed by atoms with E-state index in [2.05, 4.69) is 24.8 Å². The predicted molar refractivity (Wildman–Crippen MR) is 86.1 cm³/mol. The van der Waals surface area contributed by atoms with Crippen LogP contribution in [-0.4, -0.2) is 32.0 Å². The maximum atomic E-state index is 12.3. The van der Waals surface area contributed by atoms with E-state index in [0.717, 1.165) is 23.4 Å². The van der Waals surface area contributed by atoms with Gasteiger partial charge in [-0.3, -0.25) is 14.8 Å². The molecule has 2 heterocycles. The van der Waals surface area contributed by atoms with E-state index in [0.29, 0.717) is 18.0 Å². The second-order valence-electron chi connectivity index (χ2n) is 5.77. The maximum Gasteiger partial charge on any atom is 0.251 e. The van der Waals surface area contributed by atoms with Crippen LogP contribution >= 0.6 is 0 Å². The molecule has 1 N–H and O–H groups in total. The molecule has 3 aromatic rings. The second-order valence-corrected chi connectivity index (χ2v) is 5.77. The average molecular weight is 307 g/mol. The molecule has 1 fully saturated rings. The fourth-order valence-corrected chi connectivity index (χ4v) is 2.71. The van der Waals surface area contributed by atoms with Crippen molar-refractivity contribution < 1.29 is 4.79 Å². The number of nitrogens with one attached hydrogen (secondary N) is 1. The van der Waals surface area contributed by atoms with E-state index in [1.165, 1.54) is 12.8 Å². The summed E-state index contributed by atoms with van der Waals surface area (Å²) in [7, 11) is 0. The quantitative estimate of drug-likeness (QED) is 0.784. The third-order valence-electron chi connectivity index (χ3n) is 4.06. The van der Waals surface area contributed by atoms with E-state index in [4.69, 9.17) is 0 Å². The summed E-state index contributed by atoms with van der Waals surface area (Å²) in [6.45, 7) is 1.32. The fraction of sp³-hybridized carbons (Fsp3) is 0.294. The zero-order valence-electron chi connectivity index (χ0n) is 12.6. The molecule has 116 valence electrons. The Balaban J connectivity index is 1.39. The molecule has 0 radical (unpaired) electrons. The third kappa shape index (κ3) is 2.92. The van der Waals surface area contributed by atoms with Gasteiger partial charge in [0, 0.05) is 49.4 Å². The molecule has 6 heteroatoms. The number of nitrogens with zero attached hydrogens (tertiary/aromatic N) is 4. The van der Waals surface area contributed by atoms with Crippen molar-refractivity contribution in [1.82, 2.24) is 24.8 Å². The third-order valence-corrected chi connectivity index (χ3v) is 4.06. The molecule has 0 spiro atoms. The largest absolute Gasteiger partial charge is 0.350 e. The van der Waals surface area contributed by atoms with Crippen molar-refractivity contribution in [3.8, 4) is 0 Å². The molecule has 1 aliphatic rings. The van der Waals surface area contributed by atoms with Crippen LogP contribution in [0.15, 0.2) is 43.0 Å².